The van der Waals surface area contributed by atoms with E-state index >= 15 is 0 Å². The highest BCUT2D eigenvalue weighted by atomic mass is 16.5. The molecule has 1 aliphatic rings. The molecule has 1 atom stereocenters. The molecule has 0 saturated heterocycles. The molecule has 0 amide bonds. The first-order valence-corrected chi connectivity index (χ1v) is 7.26. The fourth-order valence-corrected chi connectivity index (χ4v) is 2.74. The molecule has 1 aromatic rings. The lowest BCUT2D eigenvalue weighted by Gasteiger charge is -2.33. The van der Waals surface area contributed by atoms with Gasteiger partial charge in [-0.1, -0.05) is 32.0 Å². The quantitative estimate of drug-likeness (QED) is 0.821. The summed E-state index contributed by atoms with van der Waals surface area (Å²) >= 11 is 0. The summed E-state index contributed by atoms with van der Waals surface area (Å²) in [6, 6.07) is 9.23. The van der Waals surface area contributed by atoms with Gasteiger partial charge in [0.05, 0.1) is 13.2 Å². The van der Waals surface area contributed by atoms with Gasteiger partial charge in [0, 0.05) is 24.7 Å². The predicted molar refractivity (Wildman–Crippen MR) is 79.4 cm³/mol. The highest BCUT2D eigenvalue weighted by Gasteiger charge is 2.35. The Hall–Kier alpha value is -1.06. The van der Waals surface area contributed by atoms with E-state index in [-0.39, 0.29) is 6.04 Å². The zero-order valence-corrected chi connectivity index (χ0v) is 12.3. The van der Waals surface area contributed by atoms with Gasteiger partial charge < -0.3 is 10.5 Å². The van der Waals surface area contributed by atoms with E-state index in [0.717, 1.165) is 12.3 Å². The Morgan fingerprint density at radius 1 is 1.32 bits per heavy atom. The van der Waals surface area contributed by atoms with Crippen LogP contribution in [0.4, 0.5) is 0 Å². The van der Waals surface area contributed by atoms with Crippen molar-refractivity contribution in [2.24, 2.45) is 11.7 Å². The molecule has 0 aliphatic heterocycles. The average Bonchev–Trinajstić information content (AvgIpc) is 3.23. The minimum Gasteiger partial charge on any atom is -0.496 e. The van der Waals surface area contributed by atoms with E-state index in [9.17, 15) is 0 Å². The van der Waals surface area contributed by atoms with E-state index in [1.165, 1.54) is 18.4 Å². The van der Waals surface area contributed by atoms with E-state index in [0.29, 0.717) is 18.5 Å². The van der Waals surface area contributed by atoms with Gasteiger partial charge in [0.25, 0.3) is 0 Å². The van der Waals surface area contributed by atoms with Crippen LogP contribution in [-0.4, -0.2) is 31.1 Å². The van der Waals surface area contributed by atoms with Crippen LogP contribution in [-0.2, 0) is 0 Å². The van der Waals surface area contributed by atoms with E-state index in [2.05, 4.69) is 30.9 Å². The first-order chi connectivity index (χ1) is 9.17. The van der Waals surface area contributed by atoms with Gasteiger partial charge in [-0.15, -0.1) is 0 Å². The first-order valence-electron chi connectivity index (χ1n) is 7.26. The van der Waals surface area contributed by atoms with Gasteiger partial charge in [0.2, 0.25) is 0 Å². The lowest BCUT2D eigenvalue weighted by atomic mass is 10.0. The molecular weight excluding hydrogens is 236 g/mol. The number of hydrogen-bond acceptors (Lipinski definition) is 3. The normalized spacial score (nSPS) is 16.9. The van der Waals surface area contributed by atoms with Crippen molar-refractivity contribution in [3.8, 4) is 5.75 Å². The summed E-state index contributed by atoms with van der Waals surface area (Å²) in [6.07, 6.45) is 2.61. The van der Waals surface area contributed by atoms with Crippen LogP contribution in [0.15, 0.2) is 24.3 Å². The number of methoxy groups -OCH3 is 1. The third-order valence-electron chi connectivity index (χ3n) is 3.71. The minimum absolute atomic E-state index is 0.269. The molecule has 3 heteroatoms. The number of nitrogens with zero attached hydrogens (tertiary/aromatic N) is 1. The molecule has 1 unspecified atom stereocenters. The number of ether oxygens (including phenoxy) is 1. The Balaban J connectivity index is 2.25. The van der Waals surface area contributed by atoms with Gasteiger partial charge in [-0.25, -0.2) is 0 Å². The van der Waals surface area contributed by atoms with Crippen molar-refractivity contribution in [2.45, 2.75) is 38.8 Å². The second kappa shape index (κ2) is 6.40. The second-order valence-corrected chi connectivity index (χ2v) is 5.82. The van der Waals surface area contributed by atoms with Crippen LogP contribution in [0.1, 0.15) is 38.3 Å². The van der Waals surface area contributed by atoms with Crippen LogP contribution in [0, 0.1) is 5.92 Å². The molecule has 0 aromatic heterocycles. The highest BCUT2D eigenvalue weighted by molar-refractivity contribution is 5.36. The van der Waals surface area contributed by atoms with Crippen molar-refractivity contribution in [2.75, 3.05) is 20.2 Å². The summed E-state index contributed by atoms with van der Waals surface area (Å²) in [5, 5.41) is 0. The third-order valence-corrected chi connectivity index (χ3v) is 3.71. The van der Waals surface area contributed by atoms with Crippen molar-refractivity contribution in [3.63, 3.8) is 0 Å². The fraction of sp³-hybridized carbons (Fsp3) is 0.625. The molecule has 1 aliphatic carbocycles. The smallest absolute Gasteiger partial charge is 0.123 e. The Morgan fingerprint density at radius 3 is 2.53 bits per heavy atom. The summed E-state index contributed by atoms with van der Waals surface area (Å²) in [5.74, 6) is 1.61. The Morgan fingerprint density at radius 2 is 2.00 bits per heavy atom. The van der Waals surface area contributed by atoms with E-state index in [1.54, 1.807) is 7.11 Å². The molecule has 3 nitrogen and oxygen atoms in total. The maximum atomic E-state index is 6.07. The highest BCUT2D eigenvalue weighted by Crippen LogP contribution is 2.37. The Kier molecular flexibility index (Phi) is 4.83. The number of para-hydroxylation sites is 1. The van der Waals surface area contributed by atoms with Crippen LogP contribution in [0.5, 0.6) is 5.75 Å². The number of hydrogen-bond donors (Lipinski definition) is 1. The number of rotatable bonds is 7. The SMILES string of the molecule is COc1ccccc1C(CN)N(CC(C)C)C1CC1. The summed E-state index contributed by atoms with van der Waals surface area (Å²) in [4.78, 5) is 2.57. The lowest BCUT2D eigenvalue weighted by molar-refractivity contribution is 0.167. The maximum absolute atomic E-state index is 6.07. The molecule has 0 heterocycles. The molecule has 1 fully saturated rings. The summed E-state index contributed by atoms with van der Waals surface area (Å²) < 4.78 is 5.50. The molecule has 2 N–H and O–H groups in total. The second-order valence-electron chi connectivity index (χ2n) is 5.82. The van der Waals surface area contributed by atoms with Crippen LogP contribution < -0.4 is 10.5 Å². The van der Waals surface area contributed by atoms with Crippen LogP contribution in [0.2, 0.25) is 0 Å². The van der Waals surface area contributed by atoms with Crippen molar-refractivity contribution >= 4 is 0 Å². The van der Waals surface area contributed by atoms with Crippen LogP contribution >= 0.6 is 0 Å². The molecule has 19 heavy (non-hydrogen) atoms. The Labute approximate surface area is 116 Å². The van der Waals surface area contributed by atoms with Gasteiger partial charge >= 0.3 is 0 Å². The third kappa shape index (κ3) is 3.48. The van der Waals surface area contributed by atoms with Crippen molar-refractivity contribution < 1.29 is 4.74 Å². The number of nitrogens with two attached hydrogens (primary N) is 1. The monoisotopic (exact) mass is 262 g/mol. The molecule has 106 valence electrons. The first kappa shape index (κ1) is 14.4. The zero-order valence-electron chi connectivity index (χ0n) is 12.3. The molecule has 1 saturated carbocycles. The van der Waals surface area contributed by atoms with Crippen molar-refractivity contribution in [3.05, 3.63) is 29.8 Å². The largest absolute Gasteiger partial charge is 0.496 e. The van der Waals surface area contributed by atoms with Gasteiger partial charge in [-0.2, -0.15) is 0 Å². The van der Waals surface area contributed by atoms with Gasteiger partial charge in [-0.3, -0.25) is 4.90 Å². The average molecular weight is 262 g/mol. The molecule has 0 radical (unpaired) electrons. The molecule has 0 bridgehead atoms. The predicted octanol–water partition coefficient (Wildman–Crippen LogP) is 2.82. The van der Waals surface area contributed by atoms with E-state index in [4.69, 9.17) is 10.5 Å². The topological polar surface area (TPSA) is 38.5 Å². The summed E-state index contributed by atoms with van der Waals surface area (Å²) in [6.45, 7) is 6.28. The standard InChI is InChI=1S/C16H26N2O/c1-12(2)11-18(13-8-9-13)15(10-17)14-6-4-5-7-16(14)19-3/h4-7,12-13,15H,8-11,17H2,1-3H3. The van der Waals surface area contributed by atoms with Gasteiger partial charge in [-0.05, 0) is 24.8 Å². The Bertz CT molecular complexity index is 401. The molecule has 1 aromatic carbocycles. The van der Waals surface area contributed by atoms with E-state index < -0.39 is 0 Å². The lowest BCUT2D eigenvalue weighted by Crippen LogP contribution is -2.38. The van der Waals surface area contributed by atoms with Crippen LogP contribution in [0.25, 0.3) is 0 Å². The maximum Gasteiger partial charge on any atom is 0.123 e. The molecular formula is C16H26N2O. The zero-order chi connectivity index (χ0) is 13.8. The summed E-state index contributed by atoms with van der Waals surface area (Å²) in [5.41, 5.74) is 7.30. The summed E-state index contributed by atoms with van der Waals surface area (Å²) in [7, 11) is 1.73. The van der Waals surface area contributed by atoms with Gasteiger partial charge in [0.15, 0.2) is 0 Å². The van der Waals surface area contributed by atoms with E-state index in [1.807, 2.05) is 12.1 Å². The van der Waals surface area contributed by atoms with Gasteiger partial charge in [0.1, 0.15) is 5.75 Å². The minimum atomic E-state index is 0.269. The van der Waals surface area contributed by atoms with Crippen molar-refractivity contribution in [1.82, 2.24) is 4.90 Å². The molecule has 2 rings (SSSR count). The van der Waals surface area contributed by atoms with Crippen LogP contribution in [0.3, 0.4) is 0 Å². The fourth-order valence-electron chi connectivity index (χ4n) is 2.74. The number of benzene rings is 1. The van der Waals surface area contributed by atoms with Crippen molar-refractivity contribution in [1.29, 1.82) is 0 Å². The molecule has 0 spiro atoms.